The van der Waals surface area contributed by atoms with Crippen molar-refractivity contribution in [1.29, 1.82) is 0 Å². The fourth-order valence-corrected chi connectivity index (χ4v) is 2.37. The van der Waals surface area contributed by atoms with Gasteiger partial charge in [-0.05, 0) is 25.7 Å². The molecule has 0 radical (unpaired) electrons. The minimum atomic E-state index is -1.33. The van der Waals surface area contributed by atoms with Gasteiger partial charge in [0.2, 0.25) is 11.8 Å². The van der Waals surface area contributed by atoms with E-state index in [0.717, 1.165) is 17.7 Å². The molecule has 0 aromatic rings. The summed E-state index contributed by atoms with van der Waals surface area (Å²) in [7, 11) is 0. The van der Waals surface area contributed by atoms with Gasteiger partial charge in [-0.15, -0.1) is 0 Å². The molecule has 88 valence electrons. The SMILES string of the molecule is CC1CC(=O)N(C(C)(C(=O)O)C2CC2)C1=O. The van der Waals surface area contributed by atoms with Crippen LogP contribution in [0.3, 0.4) is 0 Å². The summed E-state index contributed by atoms with van der Waals surface area (Å²) in [5.41, 5.74) is -1.33. The Kier molecular flexibility index (Phi) is 2.29. The first-order valence-corrected chi connectivity index (χ1v) is 5.49. The van der Waals surface area contributed by atoms with Crippen LogP contribution in [0.25, 0.3) is 0 Å². The van der Waals surface area contributed by atoms with Crippen LogP contribution in [0.15, 0.2) is 0 Å². The molecule has 16 heavy (non-hydrogen) atoms. The maximum Gasteiger partial charge on any atom is 0.330 e. The van der Waals surface area contributed by atoms with Gasteiger partial charge in [-0.2, -0.15) is 0 Å². The lowest BCUT2D eigenvalue weighted by atomic mass is 9.93. The Morgan fingerprint density at radius 3 is 2.31 bits per heavy atom. The minimum absolute atomic E-state index is 0.0804. The number of carbonyl (C=O) groups is 3. The second kappa shape index (κ2) is 3.30. The van der Waals surface area contributed by atoms with Crippen LogP contribution < -0.4 is 0 Å². The molecule has 1 aliphatic carbocycles. The number of hydrogen-bond donors (Lipinski definition) is 1. The third-order valence-corrected chi connectivity index (χ3v) is 3.64. The van der Waals surface area contributed by atoms with Gasteiger partial charge in [0.15, 0.2) is 0 Å². The van der Waals surface area contributed by atoms with E-state index in [1.54, 1.807) is 6.92 Å². The predicted molar refractivity (Wildman–Crippen MR) is 54.4 cm³/mol. The van der Waals surface area contributed by atoms with Crippen LogP contribution in [0.5, 0.6) is 0 Å². The van der Waals surface area contributed by atoms with Crippen LogP contribution in [0.2, 0.25) is 0 Å². The topological polar surface area (TPSA) is 74.7 Å². The van der Waals surface area contributed by atoms with Gasteiger partial charge in [0.05, 0.1) is 0 Å². The third kappa shape index (κ3) is 1.34. The lowest BCUT2D eigenvalue weighted by molar-refractivity contribution is -0.163. The van der Waals surface area contributed by atoms with E-state index >= 15 is 0 Å². The number of hydrogen-bond acceptors (Lipinski definition) is 3. The van der Waals surface area contributed by atoms with Crippen LogP contribution in [0.4, 0.5) is 0 Å². The number of carbonyl (C=O) groups excluding carboxylic acids is 2. The summed E-state index contributed by atoms with van der Waals surface area (Å²) in [5, 5.41) is 9.28. The fourth-order valence-electron chi connectivity index (χ4n) is 2.37. The Balaban J connectivity index is 2.37. The van der Waals surface area contributed by atoms with Gasteiger partial charge in [0.25, 0.3) is 0 Å². The molecule has 1 N–H and O–H groups in total. The highest BCUT2D eigenvalue weighted by molar-refractivity contribution is 6.07. The summed E-state index contributed by atoms with van der Waals surface area (Å²) in [6, 6.07) is 0. The second-order valence-corrected chi connectivity index (χ2v) is 4.90. The Labute approximate surface area is 93.4 Å². The summed E-state index contributed by atoms with van der Waals surface area (Å²) in [4.78, 5) is 35.9. The highest BCUT2D eigenvalue weighted by Gasteiger charge is 2.58. The zero-order chi connectivity index (χ0) is 12.1. The van der Waals surface area contributed by atoms with Crippen LogP contribution in [0, 0.1) is 11.8 Å². The molecular weight excluding hydrogens is 210 g/mol. The van der Waals surface area contributed by atoms with E-state index in [1.807, 2.05) is 0 Å². The van der Waals surface area contributed by atoms with Crippen molar-refractivity contribution in [3.05, 3.63) is 0 Å². The number of aliphatic carboxylic acids is 1. The molecule has 5 heteroatoms. The van der Waals surface area contributed by atoms with Gasteiger partial charge in [-0.1, -0.05) is 6.92 Å². The van der Waals surface area contributed by atoms with Crippen LogP contribution in [0.1, 0.15) is 33.1 Å². The monoisotopic (exact) mass is 225 g/mol. The van der Waals surface area contributed by atoms with Crippen molar-refractivity contribution in [2.75, 3.05) is 0 Å². The maximum atomic E-state index is 11.8. The number of rotatable bonds is 3. The van der Waals surface area contributed by atoms with Crippen LogP contribution in [-0.4, -0.2) is 33.3 Å². The molecule has 0 aromatic carbocycles. The lowest BCUT2D eigenvalue weighted by Crippen LogP contribution is -2.56. The van der Waals surface area contributed by atoms with Gasteiger partial charge in [0.1, 0.15) is 5.54 Å². The van der Waals surface area contributed by atoms with E-state index in [-0.39, 0.29) is 30.1 Å². The number of amides is 2. The normalized spacial score (nSPS) is 29.4. The molecule has 1 saturated heterocycles. The summed E-state index contributed by atoms with van der Waals surface area (Å²) < 4.78 is 0. The number of carboxylic acids is 1. The van der Waals surface area contributed by atoms with Gasteiger partial charge in [-0.25, -0.2) is 4.79 Å². The highest BCUT2D eigenvalue weighted by Crippen LogP contribution is 2.45. The first kappa shape index (κ1) is 11.1. The van der Waals surface area contributed by atoms with Crippen LogP contribution >= 0.6 is 0 Å². The Morgan fingerprint density at radius 1 is 1.44 bits per heavy atom. The van der Waals surface area contributed by atoms with Crippen molar-refractivity contribution in [3.63, 3.8) is 0 Å². The average molecular weight is 225 g/mol. The average Bonchev–Trinajstić information content (AvgIpc) is 2.96. The molecule has 2 rings (SSSR count). The Bertz CT molecular complexity index is 374. The third-order valence-electron chi connectivity index (χ3n) is 3.64. The smallest absolute Gasteiger partial charge is 0.330 e. The molecular formula is C11H15NO4. The van der Waals surface area contributed by atoms with E-state index in [9.17, 15) is 19.5 Å². The van der Waals surface area contributed by atoms with Gasteiger partial charge < -0.3 is 5.11 Å². The summed E-state index contributed by atoms with van der Waals surface area (Å²) in [5.74, 6) is -2.24. The molecule has 0 spiro atoms. The summed E-state index contributed by atoms with van der Waals surface area (Å²) >= 11 is 0. The number of carboxylic acid groups (broad SMARTS) is 1. The first-order valence-electron chi connectivity index (χ1n) is 5.49. The summed E-state index contributed by atoms with van der Waals surface area (Å²) in [6.45, 7) is 3.15. The zero-order valence-corrected chi connectivity index (χ0v) is 9.40. The predicted octanol–water partition coefficient (Wildman–Crippen LogP) is 0.635. The van der Waals surface area contributed by atoms with Crippen molar-refractivity contribution in [3.8, 4) is 0 Å². The molecule has 0 aromatic heterocycles. The Hall–Kier alpha value is -1.39. The van der Waals surface area contributed by atoms with Crippen molar-refractivity contribution >= 4 is 17.8 Å². The van der Waals surface area contributed by atoms with Crippen molar-refractivity contribution in [2.24, 2.45) is 11.8 Å². The van der Waals surface area contributed by atoms with Crippen molar-refractivity contribution in [1.82, 2.24) is 4.90 Å². The number of likely N-dealkylation sites (tertiary alicyclic amines) is 1. The largest absolute Gasteiger partial charge is 0.479 e. The van der Waals surface area contributed by atoms with E-state index in [2.05, 4.69) is 0 Å². The molecule has 2 unspecified atom stereocenters. The van der Waals surface area contributed by atoms with E-state index in [0.29, 0.717) is 0 Å². The molecule has 1 saturated carbocycles. The number of nitrogens with zero attached hydrogens (tertiary/aromatic N) is 1. The molecule has 0 bridgehead atoms. The fraction of sp³-hybridized carbons (Fsp3) is 0.727. The van der Waals surface area contributed by atoms with Crippen molar-refractivity contribution < 1.29 is 19.5 Å². The maximum absolute atomic E-state index is 11.8. The quantitative estimate of drug-likeness (QED) is 0.715. The molecule has 1 heterocycles. The van der Waals surface area contributed by atoms with Gasteiger partial charge >= 0.3 is 5.97 Å². The van der Waals surface area contributed by atoms with Crippen LogP contribution in [-0.2, 0) is 14.4 Å². The minimum Gasteiger partial charge on any atom is -0.479 e. The van der Waals surface area contributed by atoms with E-state index in [4.69, 9.17) is 0 Å². The molecule has 2 amide bonds. The van der Waals surface area contributed by atoms with E-state index in [1.165, 1.54) is 6.92 Å². The lowest BCUT2D eigenvalue weighted by Gasteiger charge is -2.33. The molecule has 5 nitrogen and oxygen atoms in total. The molecule has 2 fully saturated rings. The number of imide groups is 1. The Morgan fingerprint density at radius 2 is 2.00 bits per heavy atom. The standard InChI is InChI=1S/C11H15NO4/c1-6-5-8(13)12(9(6)14)11(2,10(15)16)7-3-4-7/h6-7H,3-5H2,1-2H3,(H,15,16). The second-order valence-electron chi connectivity index (χ2n) is 4.90. The first-order chi connectivity index (χ1) is 7.39. The van der Waals surface area contributed by atoms with E-state index < -0.39 is 11.5 Å². The molecule has 1 aliphatic heterocycles. The van der Waals surface area contributed by atoms with Gasteiger partial charge in [0, 0.05) is 12.3 Å². The zero-order valence-electron chi connectivity index (χ0n) is 9.40. The molecule has 2 atom stereocenters. The summed E-state index contributed by atoms with van der Waals surface area (Å²) in [6.07, 6.45) is 1.68. The van der Waals surface area contributed by atoms with Gasteiger partial charge in [-0.3, -0.25) is 14.5 Å². The molecule has 2 aliphatic rings. The van der Waals surface area contributed by atoms with Crippen molar-refractivity contribution in [2.45, 2.75) is 38.6 Å². The highest BCUT2D eigenvalue weighted by atomic mass is 16.4.